The molecule has 0 aromatic heterocycles. The standard InChI is InChI=1S/C18H29O2S.Na.H2O/c1-2-3-4-5-6-7-8-9-10-11-12-17-13-15-18(16-14-17)21(19)20;;/h13-16H,2-12H2,1H3;;1H2/q-1;+1;/p-1. The van der Waals surface area contributed by atoms with Crippen LogP contribution in [0.1, 0.15) is 76.7 Å². The number of hydrogen-bond acceptors (Lipinski definition) is 4. The number of unbranched alkanes of at least 4 members (excludes halogenated alkanes) is 9. The Morgan fingerprint density at radius 1 is 0.739 bits per heavy atom. The quantitative estimate of drug-likeness (QED) is 0.331. The van der Waals surface area contributed by atoms with Crippen LogP contribution in [0.5, 0.6) is 0 Å². The molecule has 5 heteroatoms. The molecule has 0 unspecified atom stereocenters. The van der Waals surface area contributed by atoms with E-state index in [0.29, 0.717) is 4.90 Å². The van der Waals surface area contributed by atoms with Crippen LogP contribution in [0.3, 0.4) is 0 Å². The fourth-order valence-corrected chi connectivity index (χ4v) is 2.94. The number of rotatable bonds is 12. The molecule has 0 aliphatic carbocycles. The van der Waals surface area contributed by atoms with Gasteiger partial charge in [0.1, 0.15) is 0 Å². The van der Waals surface area contributed by atoms with Gasteiger partial charge in [-0.05, 0) is 29.1 Å². The summed E-state index contributed by atoms with van der Waals surface area (Å²) in [5.41, 5.74) is 1.24. The van der Waals surface area contributed by atoms with E-state index in [-0.39, 0.29) is 35.0 Å². The molecule has 0 amide bonds. The van der Waals surface area contributed by atoms with E-state index < -0.39 is 10.7 Å². The summed E-state index contributed by atoms with van der Waals surface area (Å²) in [5.74, 6) is 0. The summed E-state index contributed by atoms with van der Waals surface area (Å²) in [7, 11) is -2.10. The summed E-state index contributed by atoms with van der Waals surface area (Å²) < 4.78 is 21.5. The van der Waals surface area contributed by atoms with Gasteiger partial charge in [-0.15, -0.1) is 0 Å². The fraction of sp³-hybridized carbons (Fsp3) is 0.667. The molecule has 1 aromatic rings. The molecular formula is C18H30NaO3S-. The Morgan fingerprint density at radius 3 is 1.61 bits per heavy atom. The number of aryl methyl sites for hydroxylation is 1. The van der Waals surface area contributed by atoms with E-state index in [9.17, 15) is 8.42 Å². The Balaban J connectivity index is 0. The molecule has 3 nitrogen and oxygen atoms in total. The van der Waals surface area contributed by atoms with E-state index in [4.69, 9.17) is 0 Å². The Morgan fingerprint density at radius 2 is 1.17 bits per heavy atom. The maximum Gasteiger partial charge on any atom is 1.00 e. The van der Waals surface area contributed by atoms with Crippen molar-refractivity contribution >= 4 is 10.7 Å². The summed E-state index contributed by atoms with van der Waals surface area (Å²) in [6, 6.07) is 7.24. The zero-order valence-corrected chi connectivity index (χ0v) is 17.6. The third kappa shape index (κ3) is 13.1. The van der Waals surface area contributed by atoms with Gasteiger partial charge in [0.2, 0.25) is 0 Å². The molecule has 1 rings (SSSR count). The molecule has 1 aromatic carbocycles. The van der Waals surface area contributed by atoms with Gasteiger partial charge in [-0.2, -0.15) is 0 Å². The van der Waals surface area contributed by atoms with Crippen LogP contribution in [-0.2, 0) is 25.5 Å². The Hall–Kier alpha value is 0.130. The zero-order valence-electron chi connectivity index (χ0n) is 14.8. The topological polar surface area (TPSA) is 64.1 Å². The third-order valence-electron chi connectivity index (χ3n) is 3.93. The molecular weight excluding hydrogens is 319 g/mol. The van der Waals surface area contributed by atoms with E-state index >= 15 is 0 Å². The van der Waals surface area contributed by atoms with E-state index in [2.05, 4.69) is 6.92 Å². The van der Waals surface area contributed by atoms with Gasteiger partial charge < -0.3 is 13.9 Å². The van der Waals surface area contributed by atoms with E-state index in [1.54, 1.807) is 12.1 Å². The Bertz CT molecular complexity index is 436. The first-order valence-electron chi connectivity index (χ1n) is 8.42. The normalized spacial score (nSPS) is 10.2. The summed E-state index contributed by atoms with van der Waals surface area (Å²) in [4.78, 5) is 0.377. The predicted octanol–water partition coefficient (Wildman–Crippen LogP) is 2.65. The molecule has 1 N–H and O–H groups in total. The van der Waals surface area contributed by atoms with Gasteiger partial charge in [0.25, 0.3) is 0 Å². The van der Waals surface area contributed by atoms with Crippen molar-refractivity contribution in [3.63, 3.8) is 0 Å². The van der Waals surface area contributed by atoms with Crippen LogP contribution in [0.15, 0.2) is 29.2 Å². The number of hydrogen-bond donors (Lipinski definition) is 0. The van der Waals surface area contributed by atoms with Gasteiger partial charge in [-0.3, -0.25) is 0 Å². The predicted molar refractivity (Wildman–Crippen MR) is 90.9 cm³/mol. The summed E-state index contributed by atoms with van der Waals surface area (Å²) in [5, 5.41) is 0. The molecule has 0 heterocycles. The van der Waals surface area contributed by atoms with Gasteiger partial charge in [0.15, 0.2) is 0 Å². The second-order valence-corrected chi connectivity index (χ2v) is 6.75. The molecule has 0 fully saturated rings. The van der Waals surface area contributed by atoms with Crippen LogP contribution in [0, 0.1) is 0 Å². The minimum Gasteiger partial charge on any atom is -0.870 e. The third-order valence-corrected chi connectivity index (χ3v) is 4.59. The van der Waals surface area contributed by atoms with Crippen molar-refractivity contribution in [2.45, 2.75) is 82.4 Å². The van der Waals surface area contributed by atoms with Crippen molar-refractivity contribution in [1.29, 1.82) is 0 Å². The minimum absolute atomic E-state index is 0. The van der Waals surface area contributed by atoms with Crippen LogP contribution in [0.25, 0.3) is 0 Å². The number of benzene rings is 1. The molecule has 0 aliphatic rings. The maximum atomic E-state index is 10.8. The monoisotopic (exact) mass is 349 g/mol. The smallest absolute Gasteiger partial charge is 0.870 e. The van der Waals surface area contributed by atoms with Gasteiger partial charge in [-0.25, -0.2) is 0 Å². The fourth-order valence-electron chi connectivity index (χ4n) is 2.58. The first-order chi connectivity index (χ1) is 10.2. The molecule has 0 saturated carbocycles. The minimum atomic E-state index is -2.10. The molecule has 0 aliphatic heterocycles. The van der Waals surface area contributed by atoms with Crippen molar-refractivity contribution in [2.24, 2.45) is 0 Å². The first-order valence-corrected chi connectivity index (χ1v) is 9.49. The largest absolute Gasteiger partial charge is 1.00 e. The van der Waals surface area contributed by atoms with Gasteiger partial charge in [0, 0.05) is 0 Å². The van der Waals surface area contributed by atoms with Crippen LogP contribution >= 0.6 is 0 Å². The molecule has 23 heavy (non-hydrogen) atoms. The van der Waals surface area contributed by atoms with Crippen LogP contribution in [0.2, 0.25) is 0 Å². The van der Waals surface area contributed by atoms with Crippen molar-refractivity contribution in [1.82, 2.24) is 0 Å². The maximum absolute atomic E-state index is 10.8. The summed E-state index contributed by atoms with van der Waals surface area (Å²) >= 11 is 0. The van der Waals surface area contributed by atoms with Gasteiger partial charge >= 0.3 is 29.6 Å². The van der Waals surface area contributed by atoms with Gasteiger partial charge in [0.05, 0.1) is 0 Å². The SMILES string of the molecule is CCCCCCCCCCCCc1ccc([S-](=O)=O)cc1.[Na+].[OH-]. The van der Waals surface area contributed by atoms with Crippen LogP contribution in [-0.4, -0.2) is 5.48 Å². The van der Waals surface area contributed by atoms with Crippen molar-refractivity contribution in [2.75, 3.05) is 0 Å². The Labute approximate surface area is 165 Å². The second-order valence-electron chi connectivity index (χ2n) is 5.81. The molecule has 128 valence electrons. The van der Waals surface area contributed by atoms with Crippen LogP contribution in [0.4, 0.5) is 0 Å². The van der Waals surface area contributed by atoms with Crippen molar-refractivity contribution in [3.8, 4) is 0 Å². The first kappa shape index (κ1) is 25.4. The molecule has 0 spiro atoms. The average Bonchev–Trinajstić information content (AvgIpc) is 2.49. The van der Waals surface area contributed by atoms with E-state index in [1.807, 2.05) is 12.1 Å². The molecule has 0 radical (unpaired) electrons. The summed E-state index contributed by atoms with van der Waals surface area (Å²) in [6.45, 7) is 2.26. The van der Waals surface area contributed by atoms with E-state index in [1.165, 1.54) is 69.8 Å². The van der Waals surface area contributed by atoms with Crippen LogP contribution < -0.4 is 29.6 Å². The Kier molecular flexibility index (Phi) is 18.7. The molecule has 0 atom stereocenters. The molecule has 0 saturated heterocycles. The second kappa shape index (κ2) is 17.0. The van der Waals surface area contributed by atoms with Crippen molar-refractivity contribution in [3.05, 3.63) is 29.8 Å². The van der Waals surface area contributed by atoms with Gasteiger partial charge in [-0.1, -0.05) is 93.9 Å². The zero-order chi connectivity index (χ0) is 15.3. The average molecular weight is 349 g/mol. The van der Waals surface area contributed by atoms with E-state index in [0.717, 1.165) is 6.42 Å². The molecule has 0 bridgehead atoms. The summed E-state index contributed by atoms with van der Waals surface area (Å²) in [6.07, 6.45) is 14.5. The van der Waals surface area contributed by atoms with Crippen molar-refractivity contribution < 1.29 is 43.5 Å².